The first kappa shape index (κ1) is 25.5. The summed E-state index contributed by atoms with van der Waals surface area (Å²) in [6.45, 7) is 3.55. The van der Waals surface area contributed by atoms with E-state index in [1.807, 2.05) is 0 Å². The molecule has 0 fully saturated rings. The largest absolute Gasteiger partial charge is 0.463 e. The number of thioether (sulfide) groups is 1. The van der Waals surface area contributed by atoms with Gasteiger partial charge in [-0.3, -0.25) is 0 Å². The van der Waals surface area contributed by atoms with Crippen molar-refractivity contribution in [2.24, 2.45) is 10.7 Å². The fourth-order valence-corrected chi connectivity index (χ4v) is 5.13. The maximum Gasteiger partial charge on any atom is 0.293 e. The number of rotatable bonds is 6. The Kier molecular flexibility index (Phi) is 6.49. The fourth-order valence-electron chi connectivity index (χ4n) is 3.97. The molecule has 3 aromatic rings. The number of aliphatic imine (C=N–C) groups is 1. The number of aromatic nitrogens is 3. The van der Waals surface area contributed by atoms with Crippen LogP contribution in [-0.2, 0) is 5.54 Å². The molecule has 8 nitrogen and oxygen atoms in total. The molecule has 1 unspecified atom stereocenters. The zero-order valence-corrected chi connectivity index (χ0v) is 20.4. The van der Waals surface area contributed by atoms with Crippen LogP contribution in [0.15, 0.2) is 41.7 Å². The second-order valence-electron chi connectivity index (χ2n) is 8.53. The molecular formula is C24H23F3N6O2S. The molecule has 4 rings (SSSR count). The standard InChI is InChI=1S/C24H23F3N6O2S/c1-5-10-35-18-12-30-19-17(32-18)8-9-29-20(19)31-14-6-7-16(25)15(11-14)22(3)24(26,27)23(4,13(2)34)36-21(28)33-22/h1,6-9,11-13,34H,10H2,2-4H3,(H2,28,33)(H,29,31)/t13-,22+,23?/m0/s1. The molecule has 0 saturated heterocycles. The van der Waals surface area contributed by atoms with E-state index in [9.17, 15) is 5.11 Å². The molecule has 0 spiro atoms. The number of hydrogen-bond acceptors (Lipinski definition) is 9. The number of hydrogen-bond donors (Lipinski definition) is 3. The van der Waals surface area contributed by atoms with Gasteiger partial charge in [0.1, 0.15) is 16.1 Å². The maximum atomic E-state index is 15.9. The molecule has 12 heteroatoms. The molecule has 1 aromatic carbocycles. The van der Waals surface area contributed by atoms with E-state index in [2.05, 4.69) is 31.2 Å². The van der Waals surface area contributed by atoms with Gasteiger partial charge in [0.2, 0.25) is 5.88 Å². The highest BCUT2D eigenvalue weighted by atomic mass is 32.2. The van der Waals surface area contributed by atoms with Gasteiger partial charge in [-0.25, -0.2) is 33.1 Å². The smallest absolute Gasteiger partial charge is 0.293 e. The van der Waals surface area contributed by atoms with Gasteiger partial charge in [-0.05, 0) is 45.0 Å². The summed E-state index contributed by atoms with van der Waals surface area (Å²) in [5, 5.41) is 13.0. The van der Waals surface area contributed by atoms with E-state index in [1.54, 1.807) is 6.07 Å². The molecule has 0 amide bonds. The quantitative estimate of drug-likeness (QED) is 0.421. The van der Waals surface area contributed by atoms with Crippen LogP contribution in [0.4, 0.5) is 24.7 Å². The molecular weight excluding hydrogens is 493 g/mol. The van der Waals surface area contributed by atoms with Crippen molar-refractivity contribution in [1.29, 1.82) is 0 Å². The van der Waals surface area contributed by atoms with Crippen LogP contribution in [0.25, 0.3) is 11.0 Å². The molecule has 0 aliphatic carbocycles. The minimum Gasteiger partial charge on any atom is -0.463 e. The van der Waals surface area contributed by atoms with Crippen molar-refractivity contribution in [3.05, 3.63) is 48.0 Å². The number of aliphatic hydroxyl groups is 1. The van der Waals surface area contributed by atoms with Crippen LogP contribution in [0, 0.1) is 18.2 Å². The number of alkyl halides is 2. The van der Waals surface area contributed by atoms with E-state index in [1.165, 1.54) is 38.4 Å². The van der Waals surface area contributed by atoms with Crippen molar-refractivity contribution < 1.29 is 23.0 Å². The summed E-state index contributed by atoms with van der Waals surface area (Å²) in [6.07, 6.45) is 6.57. The van der Waals surface area contributed by atoms with Gasteiger partial charge >= 0.3 is 0 Å². The number of amidine groups is 1. The summed E-state index contributed by atoms with van der Waals surface area (Å²) in [6, 6.07) is 5.25. The van der Waals surface area contributed by atoms with E-state index in [0.29, 0.717) is 22.8 Å². The second kappa shape index (κ2) is 9.15. The zero-order chi connectivity index (χ0) is 26.3. The Morgan fingerprint density at radius 1 is 1.28 bits per heavy atom. The molecule has 2 aromatic heterocycles. The molecule has 0 saturated carbocycles. The lowest BCUT2D eigenvalue weighted by Crippen LogP contribution is -2.63. The number of fused-ring (bicyclic) bond motifs is 1. The van der Waals surface area contributed by atoms with Crippen LogP contribution in [0.2, 0.25) is 0 Å². The number of pyridine rings is 1. The van der Waals surface area contributed by atoms with E-state index in [4.69, 9.17) is 16.9 Å². The number of terminal acetylenes is 1. The highest BCUT2D eigenvalue weighted by Crippen LogP contribution is 2.57. The number of benzene rings is 1. The van der Waals surface area contributed by atoms with E-state index >= 15 is 13.2 Å². The Morgan fingerprint density at radius 3 is 2.72 bits per heavy atom. The predicted molar refractivity (Wildman–Crippen MR) is 133 cm³/mol. The fraction of sp³-hybridized carbons (Fsp3) is 0.333. The number of nitrogens with one attached hydrogen (secondary N) is 1. The van der Waals surface area contributed by atoms with Gasteiger partial charge in [0.05, 0.1) is 17.8 Å². The van der Waals surface area contributed by atoms with Crippen molar-refractivity contribution in [1.82, 2.24) is 15.0 Å². The van der Waals surface area contributed by atoms with Crippen LogP contribution >= 0.6 is 11.8 Å². The Balaban J connectivity index is 1.76. The molecule has 0 bridgehead atoms. The summed E-state index contributed by atoms with van der Waals surface area (Å²) in [5.41, 5.74) is 4.15. The maximum absolute atomic E-state index is 15.9. The highest BCUT2D eigenvalue weighted by Gasteiger charge is 2.68. The molecule has 0 radical (unpaired) electrons. The van der Waals surface area contributed by atoms with E-state index in [-0.39, 0.29) is 29.2 Å². The number of anilines is 2. The summed E-state index contributed by atoms with van der Waals surface area (Å²) < 4.78 is 50.1. The number of nitrogens with two attached hydrogens (primary N) is 1. The van der Waals surface area contributed by atoms with Gasteiger partial charge in [-0.2, -0.15) is 0 Å². The number of halogens is 3. The lowest BCUT2D eigenvalue weighted by Gasteiger charge is -2.49. The number of nitrogens with zero attached hydrogens (tertiary/aromatic N) is 4. The van der Waals surface area contributed by atoms with Crippen molar-refractivity contribution in [2.45, 2.75) is 43.1 Å². The summed E-state index contributed by atoms with van der Waals surface area (Å²) >= 11 is 0.564. The molecule has 1 aliphatic rings. The highest BCUT2D eigenvalue weighted by molar-refractivity contribution is 8.15. The molecule has 1 aliphatic heterocycles. The Morgan fingerprint density at radius 2 is 2.03 bits per heavy atom. The lowest BCUT2D eigenvalue weighted by atomic mass is 9.77. The van der Waals surface area contributed by atoms with E-state index in [0.717, 1.165) is 13.0 Å². The zero-order valence-electron chi connectivity index (χ0n) is 19.6. The number of ether oxygens (including phenoxy) is 1. The third kappa shape index (κ3) is 4.08. The minimum atomic E-state index is -3.68. The molecule has 3 heterocycles. The Labute approximate surface area is 209 Å². The normalized spacial score (nSPS) is 24.0. The average Bonchev–Trinajstić information content (AvgIpc) is 2.82. The third-order valence-electron chi connectivity index (χ3n) is 6.18. The number of aliphatic hydroxyl groups excluding tert-OH is 1. The molecule has 3 atom stereocenters. The summed E-state index contributed by atoms with van der Waals surface area (Å²) in [4.78, 5) is 16.8. The van der Waals surface area contributed by atoms with Gasteiger partial charge in [0.25, 0.3) is 5.92 Å². The van der Waals surface area contributed by atoms with Gasteiger partial charge < -0.3 is 20.9 Å². The SMILES string of the molecule is C#CCOc1cnc2c(Nc3ccc(F)c([C@@]4(C)N=C(N)SC(C)([C@H](C)O)C4(F)F)c3)nccc2n1. The first-order chi connectivity index (χ1) is 16.9. The molecule has 36 heavy (non-hydrogen) atoms. The average molecular weight is 517 g/mol. The Bertz CT molecular complexity index is 1400. The summed E-state index contributed by atoms with van der Waals surface area (Å²) in [5.74, 6) is -1.76. The van der Waals surface area contributed by atoms with Crippen LogP contribution in [0.1, 0.15) is 26.3 Å². The monoisotopic (exact) mass is 516 g/mol. The minimum absolute atomic E-state index is 0.0255. The van der Waals surface area contributed by atoms with Crippen molar-refractivity contribution in [3.63, 3.8) is 0 Å². The first-order valence-corrected chi connectivity index (χ1v) is 11.6. The van der Waals surface area contributed by atoms with Gasteiger partial charge in [-0.15, -0.1) is 6.42 Å². The van der Waals surface area contributed by atoms with Crippen LogP contribution in [0.3, 0.4) is 0 Å². The topological polar surface area (TPSA) is 119 Å². The van der Waals surface area contributed by atoms with Gasteiger partial charge in [0, 0.05) is 17.4 Å². The van der Waals surface area contributed by atoms with Crippen molar-refractivity contribution in [2.75, 3.05) is 11.9 Å². The third-order valence-corrected chi connectivity index (χ3v) is 7.50. The molecule has 188 valence electrons. The van der Waals surface area contributed by atoms with Gasteiger partial charge in [0.15, 0.2) is 23.1 Å². The van der Waals surface area contributed by atoms with Crippen LogP contribution in [0.5, 0.6) is 5.88 Å². The second-order valence-corrected chi connectivity index (χ2v) is 10.0. The van der Waals surface area contributed by atoms with Crippen molar-refractivity contribution in [3.8, 4) is 18.2 Å². The summed E-state index contributed by atoms with van der Waals surface area (Å²) in [7, 11) is 0. The molecule has 4 N–H and O–H groups in total. The van der Waals surface area contributed by atoms with Gasteiger partial charge in [-0.1, -0.05) is 17.7 Å². The predicted octanol–water partition coefficient (Wildman–Crippen LogP) is 3.97. The van der Waals surface area contributed by atoms with Crippen molar-refractivity contribution >= 4 is 39.5 Å². The van der Waals surface area contributed by atoms with Crippen LogP contribution < -0.4 is 15.8 Å². The lowest BCUT2D eigenvalue weighted by molar-refractivity contribution is -0.126. The Hall–Kier alpha value is -3.56. The first-order valence-electron chi connectivity index (χ1n) is 10.8. The van der Waals surface area contributed by atoms with E-state index < -0.39 is 33.7 Å². The van der Waals surface area contributed by atoms with Crippen LogP contribution in [-0.4, -0.2) is 48.6 Å².